The summed E-state index contributed by atoms with van der Waals surface area (Å²) < 4.78 is 0. The van der Waals surface area contributed by atoms with Gasteiger partial charge in [0, 0.05) is 12.8 Å². The van der Waals surface area contributed by atoms with E-state index in [1.54, 1.807) is 13.8 Å². The average molecular weight is 489 g/mol. The lowest BCUT2D eigenvalue weighted by Gasteiger charge is -2.25. The van der Waals surface area contributed by atoms with Crippen LogP contribution in [0.15, 0.2) is 0 Å². The zero-order valence-electron chi connectivity index (χ0n) is 18.8. The number of primary amides is 1. The van der Waals surface area contributed by atoms with Gasteiger partial charge in [-0.3, -0.25) is 28.8 Å². The van der Waals surface area contributed by atoms with Gasteiger partial charge in [0.25, 0.3) is 0 Å². The Balaban J connectivity index is 5.66. The van der Waals surface area contributed by atoms with Crippen molar-refractivity contribution in [3.8, 4) is 0 Å². The minimum absolute atomic E-state index is 0.306. The molecular formula is C19H31N5O10. The van der Waals surface area contributed by atoms with Crippen LogP contribution in [-0.2, 0) is 33.6 Å². The highest BCUT2D eigenvalue weighted by molar-refractivity contribution is 5.95. The lowest BCUT2D eigenvalue weighted by atomic mass is 10.0. The Kier molecular flexibility index (Phi) is 12.8. The van der Waals surface area contributed by atoms with Gasteiger partial charge in [0.2, 0.25) is 23.6 Å². The molecule has 0 spiro atoms. The van der Waals surface area contributed by atoms with Crippen molar-refractivity contribution in [3.63, 3.8) is 0 Å². The fraction of sp³-hybridized carbons (Fsp3) is 0.632. The number of rotatable bonds is 16. The number of carbonyl (C=O) groups is 7. The molecule has 192 valence electrons. The number of hydrogen-bond donors (Lipinski definition) is 8. The maximum Gasteiger partial charge on any atom is 0.326 e. The molecule has 10 N–H and O–H groups in total. The molecule has 0 aliphatic carbocycles. The van der Waals surface area contributed by atoms with E-state index >= 15 is 0 Å². The molecule has 4 unspecified atom stereocenters. The summed E-state index contributed by atoms with van der Waals surface area (Å²) in [4.78, 5) is 81.8. The van der Waals surface area contributed by atoms with Crippen LogP contribution in [0.1, 0.15) is 46.0 Å². The Morgan fingerprint density at radius 2 is 1.15 bits per heavy atom. The third-order valence-electron chi connectivity index (χ3n) is 4.61. The highest BCUT2D eigenvalue weighted by Gasteiger charge is 2.31. The Labute approximate surface area is 194 Å². The van der Waals surface area contributed by atoms with Gasteiger partial charge in [-0.05, 0) is 18.8 Å². The van der Waals surface area contributed by atoms with Crippen molar-refractivity contribution in [1.29, 1.82) is 0 Å². The SMILES string of the molecule is CC(C)C(N)C(=O)NC(CCC(=O)O)C(=O)NC(CCC(N)=O)C(=O)NC(CC(=O)O)C(=O)O. The van der Waals surface area contributed by atoms with Crippen LogP contribution in [0.5, 0.6) is 0 Å². The van der Waals surface area contributed by atoms with E-state index in [0.717, 1.165) is 0 Å². The van der Waals surface area contributed by atoms with Crippen molar-refractivity contribution >= 4 is 41.5 Å². The van der Waals surface area contributed by atoms with Gasteiger partial charge >= 0.3 is 17.9 Å². The summed E-state index contributed by atoms with van der Waals surface area (Å²) in [7, 11) is 0. The first-order valence-electron chi connectivity index (χ1n) is 10.3. The van der Waals surface area contributed by atoms with Gasteiger partial charge < -0.3 is 42.7 Å². The van der Waals surface area contributed by atoms with Crippen molar-refractivity contribution in [2.75, 3.05) is 0 Å². The van der Waals surface area contributed by atoms with Gasteiger partial charge in [0.1, 0.15) is 18.1 Å². The molecule has 15 heteroatoms. The second-order valence-corrected chi connectivity index (χ2v) is 7.83. The number of carboxylic acid groups (broad SMARTS) is 3. The van der Waals surface area contributed by atoms with Crippen LogP contribution in [0, 0.1) is 5.92 Å². The van der Waals surface area contributed by atoms with E-state index in [4.69, 9.17) is 26.8 Å². The molecule has 0 heterocycles. The first-order valence-corrected chi connectivity index (χ1v) is 10.3. The highest BCUT2D eigenvalue weighted by Crippen LogP contribution is 2.06. The molecule has 0 fully saturated rings. The van der Waals surface area contributed by atoms with E-state index in [9.17, 15) is 33.6 Å². The zero-order valence-corrected chi connectivity index (χ0v) is 18.8. The summed E-state index contributed by atoms with van der Waals surface area (Å²) in [6.07, 6.45) is -2.62. The number of nitrogens with two attached hydrogens (primary N) is 2. The number of aliphatic carboxylic acids is 3. The number of hydrogen-bond acceptors (Lipinski definition) is 8. The lowest BCUT2D eigenvalue weighted by Crippen LogP contribution is -2.57. The lowest BCUT2D eigenvalue weighted by molar-refractivity contribution is -0.147. The quantitative estimate of drug-likeness (QED) is 0.109. The molecule has 15 nitrogen and oxygen atoms in total. The molecule has 0 radical (unpaired) electrons. The standard InChI is InChI=1S/C19H31N5O10/c1-8(2)15(21)18(32)23-10(4-6-13(26)27)16(30)22-9(3-5-12(20)25)17(31)24-11(19(33)34)7-14(28)29/h8-11,15H,3-7,21H2,1-2H3,(H2,20,25)(H,22,30)(H,23,32)(H,24,31)(H,26,27)(H,28,29)(H,33,34). The van der Waals surface area contributed by atoms with E-state index in [1.807, 2.05) is 5.32 Å². The van der Waals surface area contributed by atoms with E-state index in [1.165, 1.54) is 0 Å². The van der Waals surface area contributed by atoms with Crippen LogP contribution < -0.4 is 27.4 Å². The maximum atomic E-state index is 12.8. The molecule has 4 atom stereocenters. The van der Waals surface area contributed by atoms with Gasteiger partial charge in [-0.15, -0.1) is 0 Å². The summed E-state index contributed by atoms with van der Waals surface area (Å²) in [5.41, 5.74) is 10.8. The van der Waals surface area contributed by atoms with Crippen LogP contribution in [0.3, 0.4) is 0 Å². The molecule has 0 bridgehead atoms. The van der Waals surface area contributed by atoms with Crippen molar-refractivity contribution in [2.45, 2.75) is 70.1 Å². The van der Waals surface area contributed by atoms with E-state index < -0.39 is 85.0 Å². The van der Waals surface area contributed by atoms with Gasteiger partial charge in [-0.1, -0.05) is 13.8 Å². The normalized spacial score (nSPS) is 14.2. The molecule has 0 aromatic rings. The largest absolute Gasteiger partial charge is 0.481 e. The first-order chi connectivity index (χ1) is 15.6. The van der Waals surface area contributed by atoms with Crippen LogP contribution >= 0.6 is 0 Å². The minimum Gasteiger partial charge on any atom is -0.481 e. The Bertz CT molecular complexity index is 800. The molecule has 0 rings (SSSR count). The Hall–Kier alpha value is -3.75. The van der Waals surface area contributed by atoms with Crippen molar-refractivity contribution in [1.82, 2.24) is 16.0 Å². The predicted octanol–water partition coefficient (Wildman–Crippen LogP) is -2.89. The van der Waals surface area contributed by atoms with Gasteiger partial charge in [-0.2, -0.15) is 0 Å². The highest BCUT2D eigenvalue weighted by atomic mass is 16.4. The second-order valence-electron chi connectivity index (χ2n) is 7.83. The van der Waals surface area contributed by atoms with Crippen LogP contribution in [-0.4, -0.2) is 81.0 Å². The number of carboxylic acids is 3. The molecule has 0 aliphatic heterocycles. The zero-order chi connectivity index (χ0) is 26.6. The maximum absolute atomic E-state index is 12.8. The molecule has 0 saturated heterocycles. The molecule has 4 amide bonds. The van der Waals surface area contributed by atoms with Crippen molar-refractivity contribution in [3.05, 3.63) is 0 Å². The minimum atomic E-state index is -1.83. The summed E-state index contributed by atoms with van der Waals surface area (Å²) in [6, 6.07) is -5.81. The molecule has 0 aliphatic rings. The van der Waals surface area contributed by atoms with Crippen LogP contribution in [0.4, 0.5) is 0 Å². The summed E-state index contributed by atoms with van der Waals surface area (Å²) in [5.74, 6) is -8.43. The predicted molar refractivity (Wildman–Crippen MR) is 114 cm³/mol. The number of nitrogens with one attached hydrogen (secondary N) is 3. The van der Waals surface area contributed by atoms with E-state index in [0.29, 0.717) is 0 Å². The monoisotopic (exact) mass is 489 g/mol. The van der Waals surface area contributed by atoms with Gasteiger partial charge in [0.05, 0.1) is 12.5 Å². The number of carbonyl (C=O) groups excluding carboxylic acids is 4. The summed E-state index contributed by atoms with van der Waals surface area (Å²) in [5, 5.41) is 33.3. The van der Waals surface area contributed by atoms with E-state index in [-0.39, 0.29) is 18.8 Å². The second kappa shape index (κ2) is 14.4. The Morgan fingerprint density at radius 1 is 0.706 bits per heavy atom. The molecule has 34 heavy (non-hydrogen) atoms. The average Bonchev–Trinajstić information content (AvgIpc) is 2.71. The van der Waals surface area contributed by atoms with Gasteiger partial charge in [-0.25, -0.2) is 4.79 Å². The third kappa shape index (κ3) is 11.8. The summed E-state index contributed by atoms with van der Waals surface area (Å²) in [6.45, 7) is 3.30. The van der Waals surface area contributed by atoms with Crippen LogP contribution in [0.2, 0.25) is 0 Å². The Morgan fingerprint density at radius 3 is 1.53 bits per heavy atom. The smallest absolute Gasteiger partial charge is 0.326 e. The third-order valence-corrected chi connectivity index (χ3v) is 4.61. The fourth-order valence-electron chi connectivity index (χ4n) is 2.58. The first kappa shape index (κ1) is 30.2. The van der Waals surface area contributed by atoms with Crippen molar-refractivity contribution in [2.24, 2.45) is 17.4 Å². The topological polar surface area (TPSA) is 268 Å². The summed E-state index contributed by atoms with van der Waals surface area (Å²) >= 11 is 0. The van der Waals surface area contributed by atoms with Crippen molar-refractivity contribution < 1.29 is 48.9 Å². The molecule has 0 aromatic heterocycles. The van der Waals surface area contributed by atoms with E-state index in [2.05, 4.69) is 10.6 Å². The molecule has 0 aromatic carbocycles. The fourth-order valence-corrected chi connectivity index (χ4v) is 2.58. The van der Waals surface area contributed by atoms with Gasteiger partial charge in [0.15, 0.2) is 0 Å². The van der Waals surface area contributed by atoms with Crippen LogP contribution in [0.25, 0.3) is 0 Å². The molecular weight excluding hydrogens is 458 g/mol. The number of amides is 4. The molecule has 0 saturated carbocycles.